The fourth-order valence-corrected chi connectivity index (χ4v) is 4.20. The Morgan fingerprint density at radius 2 is 2.10 bits per heavy atom. The van der Waals surface area contributed by atoms with E-state index in [1.54, 1.807) is 42.7 Å². The predicted molar refractivity (Wildman–Crippen MR) is 111 cm³/mol. The first-order valence-corrected chi connectivity index (χ1v) is 10.0. The third kappa shape index (κ3) is 3.28. The molecule has 1 amide bonds. The predicted octanol–water partition coefficient (Wildman–Crippen LogP) is 3.62. The molecule has 7 nitrogen and oxygen atoms in total. The zero-order chi connectivity index (χ0) is 21.5. The van der Waals surface area contributed by atoms with Gasteiger partial charge in [0.2, 0.25) is 0 Å². The third-order valence-corrected chi connectivity index (χ3v) is 5.60. The van der Waals surface area contributed by atoms with Gasteiger partial charge in [-0.3, -0.25) is 14.6 Å². The van der Waals surface area contributed by atoms with Crippen LogP contribution >= 0.6 is 0 Å². The number of ketones is 1. The van der Waals surface area contributed by atoms with Gasteiger partial charge in [-0.2, -0.15) is 0 Å². The lowest BCUT2D eigenvalue weighted by atomic mass is 9.97. The summed E-state index contributed by atoms with van der Waals surface area (Å²) in [5.41, 5.74) is 2.20. The van der Waals surface area contributed by atoms with Crippen LogP contribution in [-0.4, -0.2) is 32.8 Å². The van der Waals surface area contributed by atoms with E-state index >= 15 is 0 Å². The molecule has 0 saturated carbocycles. The summed E-state index contributed by atoms with van der Waals surface area (Å²) in [6, 6.07) is 11.4. The Hall–Kier alpha value is -3.87. The summed E-state index contributed by atoms with van der Waals surface area (Å²) >= 11 is 0. The number of furan rings is 1. The van der Waals surface area contributed by atoms with Crippen LogP contribution in [0.25, 0.3) is 5.76 Å². The lowest BCUT2D eigenvalue weighted by molar-refractivity contribution is -0.140. The summed E-state index contributed by atoms with van der Waals surface area (Å²) in [5, 5.41) is 11.1. The van der Waals surface area contributed by atoms with Crippen LogP contribution in [0, 0.1) is 0 Å². The number of aromatic nitrogens is 1. The lowest BCUT2D eigenvalue weighted by Gasteiger charge is -2.23. The van der Waals surface area contributed by atoms with E-state index in [4.69, 9.17) is 9.15 Å². The van der Waals surface area contributed by atoms with Gasteiger partial charge in [-0.1, -0.05) is 6.07 Å². The molecule has 1 N–H and O–H groups in total. The number of aliphatic hydroxyl groups excluding tert-OH is 1. The van der Waals surface area contributed by atoms with Crippen molar-refractivity contribution < 1.29 is 23.8 Å². The first kappa shape index (κ1) is 19.1. The van der Waals surface area contributed by atoms with Gasteiger partial charge >= 0.3 is 0 Å². The fraction of sp³-hybridized carbons (Fsp3) is 0.208. The van der Waals surface area contributed by atoms with Gasteiger partial charge in [-0.25, -0.2) is 0 Å². The molecule has 2 atom stereocenters. The highest BCUT2D eigenvalue weighted by Gasteiger charge is 2.47. The average molecular weight is 416 g/mol. The van der Waals surface area contributed by atoms with E-state index in [0.29, 0.717) is 17.7 Å². The van der Waals surface area contributed by atoms with Crippen molar-refractivity contribution in [1.29, 1.82) is 0 Å². The number of pyridine rings is 1. The molecule has 1 saturated heterocycles. The number of fused-ring (bicyclic) bond motifs is 1. The molecule has 0 radical (unpaired) electrons. The topological polar surface area (TPSA) is 92.9 Å². The molecule has 0 spiro atoms. The highest BCUT2D eigenvalue weighted by atomic mass is 16.5. The number of hydrogen-bond acceptors (Lipinski definition) is 6. The highest BCUT2D eigenvalue weighted by molar-refractivity contribution is 6.46. The highest BCUT2D eigenvalue weighted by Crippen LogP contribution is 2.41. The molecule has 0 bridgehead atoms. The summed E-state index contributed by atoms with van der Waals surface area (Å²) in [4.78, 5) is 31.4. The third-order valence-electron chi connectivity index (χ3n) is 5.60. The summed E-state index contributed by atoms with van der Waals surface area (Å²) < 4.78 is 11.3. The van der Waals surface area contributed by atoms with E-state index in [2.05, 4.69) is 4.98 Å². The van der Waals surface area contributed by atoms with Crippen LogP contribution in [0.3, 0.4) is 0 Å². The number of rotatable bonds is 4. The molecule has 5 rings (SSSR count). The maximum atomic E-state index is 13.0. The number of Topliss-reactive ketones (excluding diaryl/α,β-unsaturated/α-hetero) is 1. The lowest BCUT2D eigenvalue weighted by Crippen LogP contribution is -2.29. The van der Waals surface area contributed by atoms with Crippen molar-refractivity contribution >= 4 is 17.4 Å². The number of carbonyl (C=O) groups excluding carboxylic acids is 2. The Labute approximate surface area is 178 Å². The molecular formula is C24H20N2O5. The maximum Gasteiger partial charge on any atom is 0.296 e. The number of ether oxygens (including phenoxy) is 1. The Bertz CT molecular complexity index is 1180. The van der Waals surface area contributed by atoms with Crippen molar-refractivity contribution in [2.75, 3.05) is 0 Å². The normalized spacial score (nSPS) is 21.9. The first-order valence-electron chi connectivity index (χ1n) is 10.0. The van der Waals surface area contributed by atoms with Crippen molar-refractivity contribution in [1.82, 2.24) is 9.88 Å². The number of likely N-dealkylation sites (tertiary alicyclic amines) is 1. The molecule has 4 heterocycles. The minimum Gasteiger partial charge on any atom is -0.507 e. The van der Waals surface area contributed by atoms with Crippen LogP contribution in [-0.2, 0) is 22.6 Å². The van der Waals surface area contributed by atoms with Crippen molar-refractivity contribution in [2.45, 2.75) is 32.0 Å². The van der Waals surface area contributed by atoms with Crippen molar-refractivity contribution in [3.05, 3.63) is 89.1 Å². The van der Waals surface area contributed by atoms with E-state index in [0.717, 1.165) is 16.9 Å². The van der Waals surface area contributed by atoms with Crippen LogP contribution in [0.2, 0.25) is 0 Å². The molecule has 2 aromatic heterocycles. The molecule has 1 aromatic carbocycles. The minimum atomic E-state index is -0.835. The van der Waals surface area contributed by atoms with Crippen LogP contribution in [0.1, 0.15) is 35.4 Å². The quantitative estimate of drug-likeness (QED) is 0.397. The van der Waals surface area contributed by atoms with Crippen molar-refractivity contribution in [3.8, 4) is 5.75 Å². The van der Waals surface area contributed by atoms with E-state index in [-0.39, 0.29) is 24.0 Å². The number of carbonyl (C=O) groups is 2. The van der Waals surface area contributed by atoms with E-state index in [1.807, 2.05) is 19.1 Å². The molecule has 3 aromatic rings. The largest absolute Gasteiger partial charge is 0.507 e. The van der Waals surface area contributed by atoms with Gasteiger partial charge in [-0.15, -0.1) is 0 Å². The molecule has 1 fully saturated rings. The van der Waals surface area contributed by atoms with Gasteiger partial charge in [0.25, 0.3) is 11.7 Å². The van der Waals surface area contributed by atoms with Gasteiger partial charge in [0.1, 0.15) is 29.4 Å². The second kappa shape index (κ2) is 7.43. The van der Waals surface area contributed by atoms with E-state index in [9.17, 15) is 14.7 Å². The Kier molecular flexibility index (Phi) is 4.58. The summed E-state index contributed by atoms with van der Waals surface area (Å²) in [6.45, 7) is 2.14. The molecule has 7 heteroatoms. The number of amides is 1. The van der Waals surface area contributed by atoms with Gasteiger partial charge in [0.15, 0.2) is 0 Å². The van der Waals surface area contributed by atoms with Crippen molar-refractivity contribution in [3.63, 3.8) is 0 Å². The summed E-state index contributed by atoms with van der Waals surface area (Å²) in [6.07, 6.45) is 5.53. The molecular weight excluding hydrogens is 396 g/mol. The first-order chi connectivity index (χ1) is 15.0. The molecule has 156 valence electrons. The number of hydrogen-bond donors (Lipinski definition) is 1. The van der Waals surface area contributed by atoms with Crippen molar-refractivity contribution in [2.24, 2.45) is 0 Å². The Morgan fingerprint density at radius 1 is 1.23 bits per heavy atom. The average Bonchev–Trinajstić information content (AvgIpc) is 3.48. The summed E-state index contributed by atoms with van der Waals surface area (Å²) in [5.74, 6) is -0.486. The molecule has 0 aliphatic carbocycles. The van der Waals surface area contributed by atoms with Crippen LogP contribution < -0.4 is 4.74 Å². The molecule has 31 heavy (non-hydrogen) atoms. The molecule has 2 aliphatic heterocycles. The standard InChI is InChI=1S/C24H20N2O5/c1-14-10-17-11-16(6-7-18(17)31-14)22(27)20-21(19-5-3-9-30-19)26(24(29)23(20)28)13-15-4-2-8-25-12-15/h2-9,11-12,14,21,27H,10,13H2,1H3. The monoisotopic (exact) mass is 416 g/mol. The Morgan fingerprint density at radius 3 is 2.84 bits per heavy atom. The maximum absolute atomic E-state index is 13.0. The minimum absolute atomic E-state index is 0.00996. The Balaban J connectivity index is 1.60. The molecule has 2 unspecified atom stereocenters. The summed E-state index contributed by atoms with van der Waals surface area (Å²) in [7, 11) is 0. The van der Waals surface area contributed by atoms with Crippen LogP contribution in [0.4, 0.5) is 0 Å². The second-order valence-electron chi connectivity index (χ2n) is 7.76. The zero-order valence-corrected chi connectivity index (χ0v) is 16.8. The van der Waals surface area contributed by atoms with E-state index in [1.165, 1.54) is 11.2 Å². The number of nitrogens with zero attached hydrogens (tertiary/aromatic N) is 2. The van der Waals surface area contributed by atoms with Gasteiger partial charge < -0.3 is 19.2 Å². The van der Waals surface area contributed by atoms with Crippen LogP contribution in [0.5, 0.6) is 5.75 Å². The van der Waals surface area contributed by atoms with E-state index < -0.39 is 17.7 Å². The number of benzene rings is 1. The van der Waals surface area contributed by atoms with Gasteiger partial charge in [0.05, 0.1) is 11.8 Å². The second-order valence-corrected chi connectivity index (χ2v) is 7.76. The molecule has 2 aliphatic rings. The smallest absolute Gasteiger partial charge is 0.296 e. The SMILES string of the molecule is CC1Cc2cc(C(O)=C3C(=O)C(=O)N(Cc4cccnc4)C3c3ccco3)ccc2O1. The van der Waals surface area contributed by atoms with Gasteiger partial charge in [-0.05, 0) is 54.4 Å². The zero-order valence-electron chi connectivity index (χ0n) is 16.8. The van der Waals surface area contributed by atoms with Gasteiger partial charge in [0, 0.05) is 30.9 Å². The van der Waals surface area contributed by atoms with Crippen LogP contribution in [0.15, 0.2) is 71.1 Å². The number of aliphatic hydroxyl groups is 1. The fourth-order valence-electron chi connectivity index (χ4n) is 4.20.